The molecule has 0 aliphatic rings. The molecule has 0 saturated carbocycles. The molecule has 0 aromatic heterocycles. The van der Waals surface area contributed by atoms with Crippen molar-refractivity contribution in [2.24, 2.45) is 11.5 Å². The third-order valence-corrected chi connectivity index (χ3v) is 2.37. The van der Waals surface area contributed by atoms with E-state index in [4.69, 9.17) is 11.5 Å². The third-order valence-electron chi connectivity index (χ3n) is 2.37. The van der Waals surface area contributed by atoms with Crippen molar-refractivity contribution in [1.29, 1.82) is 0 Å². The van der Waals surface area contributed by atoms with Gasteiger partial charge in [-0.3, -0.25) is 9.59 Å². The number of hydrogen-bond acceptors (Lipinski definition) is 4. The van der Waals surface area contributed by atoms with E-state index in [2.05, 4.69) is 0 Å². The van der Waals surface area contributed by atoms with Crippen molar-refractivity contribution in [3.05, 3.63) is 35.1 Å². The second-order valence-corrected chi connectivity index (χ2v) is 3.78. The summed E-state index contributed by atoms with van der Waals surface area (Å²) in [4.78, 5) is 21.7. The van der Waals surface area contributed by atoms with Crippen molar-refractivity contribution in [3.63, 3.8) is 0 Å². The van der Waals surface area contributed by atoms with E-state index in [9.17, 15) is 24.2 Å². The molecule has 2 unspecified atom stereocenters. The Morgan fingerprint density at radius 2 is 1.89 bits per heavy atom. The van der Waals surface area contributed by atoms with Crippen LogP contribution in [0, 0.1) is 5.82 Å². The second-order valence-electron chi connectivity index (χ2n) is 3.78. The fraction of sp³-hybridized carbons (Fsp3) is 0.273. The highest BCUT2D eigenvalue weighted by atomic mass is 19.1. The molecular formula is C11H13FN2O4. The summed E-state index contributed by atoms with van der Waals surface area (Å²) in [5.41, 5.74) is 9.60. The average molecular weight is 256 g/mol. The molecule has 0 radical (unpaired) electrons. The highest BCUT2D eigenvalue weighted by Gasteiger charge is 2.24. The Kier molecular flexibility index (Phi) is 4.35. The van der Waals surface area contributed by atoms with Gasteiger partial charge in [0.15, 0.2) is 0 Å². The van der Waals surface area contributed by atoms with Crippen LogP contribution in [-0.4, -0.2) is 28.1 Å². The van der Waals surface area contributed by atoms with E-state index in [0.717, 1.165) is 18.2 Å². The fourth-order valence-corrected chi connectivity index (χ4v) is 1.53. The number of amides is 2. The lowest BCUT2D eigenvalue weighted by atomic mass is 9.96. The Morgan fingerprint density at radius 1 is 1.28 bits per heavy atom. The summed E-state index contributed by atoms with van der Waals surface area (Å²) in [5, 5.41) is 19.3. The molecular weight excluding hydrogens is 243 g/mol. The van der Waals surface area contributed by atoms with Crippen LogP contribution < -0.4 is 11.5 Å². The average Bonchev–Trinajstić information content (AvgIpc) is 2.26. The number of primary amides is 2. The Balaban J connectivity index is 3.10. The van der Waals surface area contributed by atoms with Gasteiger partial charge in [-0.05, 0) is 23.8 Å². The van der Waals surface area contributed by atoms with Gasteiger partial charge in [-0.15, -0.1) is 0 Å². The predicted molar refractivity (Wildman–Crippen MR) is 59.7 cm³/mol. The van der Waals surface area contributed by atoms with Gasteiger partial charge in [0.05, 0.1) is 12.5 Å². The van der Waals surface area contributed by atoms with Crippen molar-refractivity contribution >= 4 is 11.8 Å². The van der Waals surface area contributed by atoms with E-state index in [1.54, 1.807) is 0 Å². The minimum Gasteiger partial charge on any atom is -0.390 e. The monoisotopic (exact) mass is 256 g/mol. The lowest BCUT2D eigenvalue weighted by Gasteiger charge is -2.18. The smallest absolute Gasteiger partial charge is 0.249 e. The van der Waals surface area contributed by atoms with Crippen LogP contribution in [-0.2, 0) is 4.79 Å². The van der Waals surface area contributed by atoms with Gasteiger partial charge in [0.25, 0.3) is 0 Å². The van der Waals surface area contributed by atoms with Gasteiger partial charge in [-0.25, -0.2) is 4.39 Å². The molecule has 0 spiro atoms. The van der Waals surface area contributed by atoms with Crippen LogP contribution in [0.15, 0.2) is 18.2 Å². The third kappa shape index (κ3) is 3.25. The molecule has 0 aliphatic heterocycles. The predicted octanol–water partition coefficient (Wildman–Crippen LogP) is -0.806. The molecule has 0 fully saturated rings. The van der Waals surface area contributed by atoms with Gasteiger partial charge in [-0.2, -0.15) is 0 Å². The summed E-state index contributed by atoms with van der Waals surface area (Å²) in [6.07, 6.45) is -3.69. The van der Waals surface area contributed by atoms with Crippen molar-refractivity contribution in [3.8, 4) is 0 Å². The molecule has 0 aliphatic carbocycles. The molecule has 98 valence electrons. The summed E-state index contributed by atoms with van der Waals surface area (Å²) >= 11 is 0. The Labute approximate surface area is 102 Å². The molecule has 18 heavy (non-hydrogen) atoms. The maximum absolute atomic E-state index is 13.1. The van der Waals surface area contributed by atoms with Crippen LogP contribution in [0.2, 0.25) is 0 Å². The second kappa shape index (κ2) is 5.56. The van der Waals surface area contributed by atoms with Gasteiger partial charge in [0.2, 0.25) is 11.8 Å². The lowest BCUT2D eigenvalue weighted by molar-refractivity contribution is -0.121. The molecule has 0 saturated heterocycles. The molecule has 0 bridgehead atoms. The van der Waals surface area contributed by atoms with Crippen LogP contribution in [0.4, 0.5) is 4.39 Å². The molecule has 1 aromatic rings. The standard InChI is InChI=1S/C11H13FN2O4/c12-5-1-2-6(11(14)18)7(3-5)10(17)8(15)4-9(13)16/h1-3,8,10,15,17H,4H2,(H2,13,16)(H2,14,18). The molecule has 1 aromatic carbocycles. The fourth-order valence-electron chi connectivity index (χ4n) is 1.53. The summed E-state index contributed by atoms with van der Waals surface area (Å²) in [5.74, 6) is -2.42. The minimum atomic E-state index is -1.63. The van der Waals surface area contributed by atoms with Crippen molar-refractivity contribution in [2.45, 2.75) is 18.6 Å². The van der Waals surface area contributed by atoms with Gasteiger partial charge in [0, 0.05) is 5.56 Å². The zero-order chi connectivity index (χ0) is 13.9. The van der Waals surface area contributed by atoms with Gasteiger partial charge < -0.3 is 21.7 Å². The summed E-state index contributed by atoms with van der Waals surface area (Å²) in [6.45, 7) is 0. The number of carbonyl (C=O) groups is 2. The molecule has 6 nitrogen and oxygen atoms in total. The normalized spacial score (nSPS) is 13.9. The Bertz CT molecular complexity index is 478. The number of benzene rings is 1. The topological polar surface area (TPSA) is 127 Å². The van der Waals surface area contributed by atoms with Crippen LogP contribution in [0.5, 0.6) is 0 Å². The van der Waals surface area contributed by atoms with Gasteiger partial charge in [0.1, 0.15) is 11.9 Å². The molecule has 7 heteroatoms. The van der Waals surface area contributed by atoms with E-state index in [1.807, 2.05) is 0 Å². The zero-order valence-electron chi connectivity index (χ0n) is 9.34. The van der Waals surface area contributed by atoms with E-state index >= 15 is 0 Å². The van der Waals surface area contributed by atoms with E-state index in [-0.39, 0.29) is 11.1 Å². The van der Waals surface area contributed by atoms with E-state index < -0.39 is 36.3 Å². The number of aliphatic hydroxyl groups excluding tert-OH is 2. The maximum atomic E-state index is 13.1. The van der Waals surface area contributed by atoms with Crippen LogP contribution in [0.1, 0.15) is 28.4 Å². The highest BCUT2D eigenvalue weighted by Crippen LogP contribution is 2.23. The molecule has 1 rings (SSSR count). The number of aliphatic hydroxyl groups is 2. The summed E-state index contributed by atoms with van der Waals surface area (Å²) < 4.78 is 13.1. The first-order chi connectivity index (χ1) is 8.32. The molecule has 0 heterocycles. The number of halogens is 1. The maximum Gasteiger partial charge on any atom is 0.249 e. The van der Waals surface area contributed by atoms with Crippen LogP contribution in [0.25, 0.3) is 0 Å². The highest BCUT2D eigenvalue weighted by molar-refractivity contribution is 5.94. The zero-order valence-corrected chi connectivity index (χ0v) is 9.34. The molecule has 2 amide bonds. The van der Waals surface area contributed by atoms with Gasteiger partial charge in [-0.1, -0.05) is 0 Å². The van der Waals surface area contributed by atoms with Crippen molar-refractivity contribution in [1.82, 2.24) is 0 Å². The largest absolute Gasteiger partial charge is 0.390 e. The number of hydrogen-bond donors (Lipinski definition) is 4. The molecule has 2 atom stereocenters. The van der Waals surface area contributed by atoms with E-state index in [0.29, 0.717) is 0 Å². The summed E-state index contributed by atoms with van der Waals surface area (Å²) in [6, 6.07) is 2.96. The first-order valence-corrected chi connectivity index (χ1v) is 5.06. The minimum absolute atomic E-state index is 0.132. The Morgan fingerprint density at radius 3 is 2.39 bits per heavy atom. The van der Waals surface area contributed by atoms with Crippen LogP contribution >= 0.6 is 0 Å². The molecule has 6 N–H and O–H groups in total. The SMILES string of the molecule is NC(=O)CC(O)C(O)c1cc(F)ccc1C(N)=O. The van der Waals surface area contributed by atoms with Crippen molar-refractivity contribution < 1.29 is 24.2 Å². The first kappa shape index (κ1) is 14.1. The van der Waals surface area contributed by atoms with E-state index in [1.165, 1.54) is 0 Å². The number of carbonyl (C=O) groups excluding carboxylic acids is 2. The Hall–Kier alpha value is -1.99. The first-order valence-electron chi connectivity index (χ1n) is 5.06. The summed E-state index contributed by atoms with van der Waals surface area (Å²) in [7, 11) is 0. The quantitative estimate of drug-likeness (QED) is 0.549. The number of rotatable bonds is 5. The number of nitrogens with two attached hydrogens (primary N) is 2. The van der Waals surface area contributed by atoms with Crippen LogP contribution in [0.3, 0.4) is 0 Å². The van der Waals surface area contributed by atoms with Gasteiger partial charge >= 0.3 is 0 Å². The van der Waals surface area contributed by atoms with Crippen molar-refractivity contribution in [2.75, 3.05) is 0 Å². The lowest BCUT2D eigenvalue weighted by Crippen LogP contribution is -2.27.